The molecule has 1 atom stereocenters. The number of hydrogen-bond donors (Lipinski definition) is 1. The molecule has 2 heterocycles. The molecule has 1 amide bonds. The lowest BCUT2D eigenvalue weighted by Crippen LogP contribution is -2.29. The van der Waals surface area contributed by atoms with Gasteiger partial charge in [-0.25, -0.2) is 0 Å². The van der Waals surface area contributed by atoms with E-state index in [2.05, 4.69) is 5.32 Å². The van der Waals surface area contributed by atoms with Gasteiger partial charge in [0.05, 0.1) is 5.88 Å². The average molecular weight is 174 g/mol. The fraction of sp³-hybridized carbons (Fsp3) is 0.600. The molecule has 2 saturated heterocycles. The maximum Gasteiger partial charge on any atom is 0.249 e. The third-order valence-corrected chi connectivity index (χ3v) is 3.02. The zero-order valence-electron chi connectivity index (χ0n) is 5.16. The normalized spacial score (nSPS) is 30.8. The second-order valence-corrected chi connectivity index (χ2v) is 3.67. The summed E-state index contributed by atoms with van der Waals surface area (Å²) in [4.78, 5) is 12.9. The number of amides is 1. The molecule has 0 radical (unpaired) electrons. The summed E-state index contributed by atoms with van der Waals surface area (Å²) in [6.45, 7) is 0. The van der Waals surface area contributed by atoms with Gasteiger partial charge in [0.2, 0.25) is 5.91 Å². The minimum absolute atomic E-state index is 0.0255. The zero-order chi connectivity index (χ0) is 7.14. The van der Waals surface area contributed by atoms with Gasteiger partial charge in [-0.05, 0) is 12.2 Å². The third-order valence-electron chi connectivity index (χ3n) is 1.68. The quantitative estimate of drug-likeness (QED) is 0.514. The van der Waals surface area contributed by atoms with E-state index in [9.17, 15) is 4.79 Å². The summed E-state index contributed by atoms with van der Waals surface area (Å²) in [6.07, 6.45) is 0. The predicted molar refractivity (Wildman–Crippen MR) is 43.7 cm³/mol. The Morgan fingerprint density at radius 2 is 2.60 bits per heavy atom. The highest BCUT2D eigenvalue weighted by Crippen LogP contribution is 2.24. The second-order valence-electron chi connectivity index (χ2n) is 2.28. The van der Waals surface area contributed by atoms with Crippen LogP contribution in [0.4, 0.5) is 0 Å². The molecule has 1 N–H and O–H groups in total. The first-order valence-electron chi connectivity index (χ1n) is 2.98. The number of nitrogens with zero attached hydrogens (tertiary/aromatic N) is 1. The summed E-state index contributed by atoms with van der Waals surface area (Å²) < 4.78 is 0. The van der Waals surface area contributed by atoms with E-state index in [-0.39, 0.29) is 11.9 Å². The number of rotatable bonds is 0. The molecular weight excluding hydrogens is 168 g/mol. The topological polar surface area (TPSA) is 32.3 Å². The first-order valence-corrected chi connectivity index (χ1v) is 4.54. The van der Waals surface area contributed by atoms with Crippen molar-refractivity contribution in [3.05, 3.63) is 0 Å². The van der Waals surface area contributed by atoms with E-state index >= 15 is 0 Å². The summed E-state index contributed by atoms with van der Waals surface area (Å²) in [6, 6.07) is 0.0255. The van der Waals surface area contributed by atoms with Gasteiger partial charge in [-0.1, -0.05) is 0 Å². The van der Waals surface area contributed by atoms with Gasteiger partial charge in [0.1, 0.15) is 6.04 Å². The monoisotopic (exact) mass is 174 g/mol. The van der Waals surface area contributed by atoms with E-state index in [1.807, 2.05) is 4.90 Å². The number of carbonyl (C=O) groups excluding carboxylic acids is 1. The van der Waals surface area contributed by atoms with Gasteiger partial charge >= 0.3 is 0 Å². The molecule has 5 heteroatoms. The Morgan fingerprint density at radius 1 is 1.80 bits per heavy atom. The number of thiocarbonyl (C=S) groups is 1. The number of nitrogens with one attached hydrogen (secondary N) is 1. The molecule has 0 saturated carbocycles. The average Bonchev–Trinajstić information content (AvgIpc) is 2.39. The number of carbonyl (C=O) groups is 1. The smallest absolute Gasteiger partial charge is 0.249 e. The standard InChI is InChI=1S/C5H6N2OS2/c8-4-3-1-10-2-7(3)5(9)6-4/h3H,1-2H2,(H,6,8,9). The van der Waals surface area contributed by atoms with Crippen molar-refractivity contribution in [2.75, 3.05) is 11.6 Å². The molecule has 2 rings (SSSR count). The lowest BCUT2D eigenvalue weighted by molar-refractivity contribution is -0.120. The highest BCUT2D eigenvalue weighted by atomic mass is 32.2. The molecule has 54 valence electrons. The van der Waals surface area contributed by atoms with Crippen LogP contribution in [0.3, 0.4) is 0 Å². The fourth-order valence-corrected chi connectivity index (χ4v) is 2.66. The Kier molecular flexibility index (Phi) is 1.35. The van der Waals surface area contributed by atoms with Crippen molar-refractivity contribution in [2.45, 2.75) is 6.04 Å². The Balaban J connectivity index is 2.27. The van der Waals surface area contributed by atoms with Crippen molar-refractivity contribution in [2.24, 2.45) is 0 Å². The molecule has 0 aromatic heterocycles. The zero-order valence-corrected chi connectivity index (χ0v) is 6.80. The van der Waals surface area contributed by atoms with E-state index in [1.54, 1.807) is 11.8 Å². The van der Waals surface area contributed by atoms with Gasteiger partial charge in [-0.15, -0.1) is 11.8 Å². The summed E-state index contributed by atoms with van der Waals surface area (Å²) in [7, 11) is 0. The molecule has 2 aliphatic heterocycles. The van der Waals surface area contributed by atoms with Crippen LogP contribution in [0.25, 0.3) is 0 Å². The van der Waals surface area contributed by atoms with Crippen LogP contribution in [0.15, 0.2) is 0 Å². The number of thioether (sulfide) groups is 1. The van der Waals surface area contributed by atoms with Gasteiger partial charge in [-0.2, -0.15) is 0 Å². The van der Waals surface area contributed by atoms with Crippen molar-refractivity contribution in [1.29, 1.82) is 0 Å². The molecular formula is C5H6N2OS2. The van der Waals surface area contributed by atoms with E-state index in [1.165, 1.54) is 0 Å². The highest BCUT2D eigenvalue weighted by molar-refractivity contribution is 7.99. The summed E-state index contributed by atoms with van der Waals surface area (Å²) in [5, 5.41) is 3.22. The number of hydrogen-bond acceptors (Lipinski definition) is 3. The minimum Gasteiger partial charge on any atom is -0.327 e. The maximum atomic E-state index is 11.0. The van der Waals surface area contributed by atoms with Crippen molar-refractivity contribution >= 4 is 35.0 Å². The lowest BCUT2D eigenvalue weighted by atomic mass is 10.3. The van der Waals surface area contributed by atoms with Gasteiger partial charge in [0.25, 0.3) is 0 Å². The minimum atomic E-state index is 0.0255. The first kappa shape index (κ1) is 6.42. The van der Waals surface area contributed by atoms with Gasteiger partial charge in [0, 0.05) is 5.75 Å². The Bertz CT molecular complexity index is 186. The van der Waals surface area contributed by atoms with Crippen LogP contribution >= 0.6 is 24.0 Å². The van der Waals surface area contributed by atoms with Crippen molar-refractivity contribution in [3.8, 4) is 0 Å². The van der Waals surface area contributed by atoms with Gasteiger partial charge in [0.15, 0.2) is 5.11 Å². The lowest BCUT2D eigenvalue weighted by Gasteiger charge is -2.10. The van der Waals surface area contributed by atoms with Crippen LogP contribution in [-0.2, 0) is 4.79 Å². The van der Waals surface area contributed by atoms with Crippen LogP contribution in [0.1, 0.15) is 0 Å². The van der Waals surface area contributed by atoms with E-state index in [0.29, 0.717) is 5.11 Å². The fourth-order valence-electron chi connectivity index (χ4n) is 1.12. The molecule has 0 aliphatic carbocycles. The van der Waals surface area contributed by atoms with Crippen molar-refractivity contribution in [1.82, 2.24) is 10.2 Å². The Labute approximate surface area is 68.1 Å². The van der Waals surface area contributed by atoms with Crippen molar-refractivity contribution < 1.29 is 4.79 Å². The highest BCUT2D eigenvalue weighted by Gasteiger charge is 2.39. The molecule has 10 heavy (non-hydrogen) atoms. The van der Waals surface area contributed by atoms with E-state index in [4.69, 9.17) is 12.2 Å². The maximum absolute atomic E-state index is 11.0. The summed E-state index contributed by atoms with van der Waals surface area (Å²) in [5.74, 6) is 1.81. The molecule has 3 nitrogen and oxygen atoms in total. The molecule has 0 aromatic carbocycles. The molecule has 0 spiro atoms. The summed E-state index contributed by atoms with van der Waals surface area (Å²) >= 11 is 6.67. The molecule has 2 aliphatic rings. The molecule has 0 bridgehead atoms. The molecule has 1 unspecified atom stereocenters. The largest absolute Gasteiger partial charge is 0.327 e. The van der Waals surface area contributed by atoms with Gasteiger partial charge < -0.3 is 10.2 Å². The predicted octanol–water partition coefficient (Wildman–Crippen LogP) is -0.224. The van der Waals surface area contributed by atoms with Crippen LogP contribution in [0, 0.1) is 0 Å². The second kappa shape index (κ2) is 2.10. The van der Waals surface area contributed by atoms with Crippen LogP contribution in [0.5, 0.6) is 0 Å². The van der Waals surface area contributed by atoms with Gasteiger partial charge in [-0.3, -0.25) is 4.79 Å². The van der Waals surface area contributed by atoms with Crippen LogP contribution in [0.2, 0.25) is 0 Å². The third kappa shape index (κ3) is 0.737. The van der Waals surface area contributed by atoms with E-state index < -0.39 is 0 Å². The van der Waals surface area contributed by atoms with E-state index in [0.717, 1.165) is 11.6 Å². The SMILES string of the molecule is O=C1NC(=S)N2CSCC12. The van der Waals surface area contributed by atoms with Crippen molar-refractivity contribution in [3.63, 3.8) is 0 Å². The molecule has 2 fully saturated rings. The number of fused-ring (bicyclic) bond motifs is 1. The van der Waals surface area contributed by atoms with Crippen LogP contribution < -0.4 is 5.32 Å². The Morgan fingerprint density at radius 3 is 3.30 bits per heavy atom. The van der Waals surface area contributed by atoms with Crippen LogP contribution in [-0.4, -0.2) is 33.6 Å². The Hall–Kier alpha value is -0.290. The summed E-state index contributed by atoms with van der Waals surface area (Å²) in [5.41, 5.74) is 0. The molecule has 0 aromatic rings. The first-order chi connectivity index (χ1) is 4.79.